The van der Waals surface area contributed by atoms with Crippen molar-refractivity contribution in [3.63, 3.8) is 0 Å². The van der Waals surface area contributed by atoms with Gasteiger partial charge >= 0.3 is 0 Å². The third-order valence-corrected chi connectivity index (χ3v) is 4.94. The van der Waals surface area contributed by atoms with Gasteiger partial charge < -0.3 is 15.5 Å². The number of carbonyl (C=O) groups is 1. The molecule has 26 heavy (non-hydrogen) atoms. The zero-order valence-electron chi connectivity index (χ0n) is 13.9. The molecule has 0 radical (unpaired) electrons. The second kappa shape index (κ2) is 6.57. The molecule has 2 aliphatic rings. The molecule has 1 aromatic heterocycles. The van der Waals surface area contributed by atoms with Crippen molar-refractivity contribution in [2.75, 3.05) is 7.11 Å². The fraction of sp³-hybridized carbons (Fsp3) is 0.111. The molecular weight excluding hydrogens is 350 g/mol. The molecule has 7 nitrogen and oxygen atoms in total. The highest BCUT2D eigenvalue weighted by molar-refractivity contribution is 7.10. The summed E-state index contributed by atoms with van der Waals surface area (Å²) < 4.78 is 5.19. The van der Waals surface area contributed by atoms with Gasteiger partial charge in [-0.3, -0.25) is 4.79 Å². The Morgan fingerprint density at radius 1 is 1.27 bits per heavy atom. The summed E-state index contributed by atoms with van der Waals surface area (Å²) >= 11 is 1.31. The second-order valence-corrected chi connectivity index (χ2v) is 6.49. The smallest absolute Gasteiger partial charge is 0.262 e. The van der Waals surface area contributed by atoms with Crippen LogP contribution >= 0.6 is 11.3 Å². The Morgan fingerprint density at radius 2 is 2.08 bits per heavy atom. The molecular formula is C18H15N5O2S. The minimum absolute atomic E-state index is 0.135. The standard InChI is InChI=1S/C18H15N5O2S/c1-25-12-7-5-11(6-8-12)9-23-14-4-2-3-13(21-19)15(14)16(18(23)24)17-22-20-10-26-17/h2-8,10H,9,19H2,1H3. The number of fused-ring (bicyclic) bond motifs is 1. The van der Waals surface area contributed by atoms with Crippen LogP contribution in [-0.4, -0.2) is 33.8 Å². The number of allylic oxidation sites excluding steroid dienone is 4. The minimum atomic E-state index is -0.135. The van der Waals surface area contributed by atoms with Gasteiger partial charge in [0.1, 0.15) is 11.3 Å². The van der Waals surface area contributed by atoms with E-state index in [1.165, 1.54) is 11.3 Å². The number of hydrogen-bond donors (Lipinski definition) is 1. The molecule has 0 fully saturated rings. The lowest BCUT2D eigenvalue weighted by molar-refractivity contribution is -0.122. The number of hydrazone groups is 1. The number of nitrogens with two attached hydrogens (primary N) is 1. The van der Waals surface area contributed by atoms with E-state index in [0.717, 1.165) is 17.0 Å². The highest BCUT2D eigenvalue weighted by Crippen LogP contribution is 2.39. The molecule has 1 aliphatic carbocycles. The molecule has 2 heterocycles. The zero-order valence-corrected chi connectivity index (χ0v) is 14.7. The predicted octanol–water partition coefficient (Wildman–Crippen LogP) is 2.11. The van der Waals surface area contributed by atoms with Gasteiger partial charge in [-0.25, -0.2) is 0 Å². The van der Waals surface area contributed by atoms with Crippen LogP contribution in [0.4, 0.5) is 0 Å². The van der Waals surface area contributed by atoms with Crippen molar-refractivity contribution in [3.05, 3.63) is 69.8 Å². The summed E-state index contributed by atoms with van der Waals surface area (Å²) in [6.07, 6.45) is 5.51. The second-order valence-electron chi connectivity index (χ2n) is 5.66. The number of benzene rings is 1. The normalized spacial score (nSPS) is 17.7. The fourth-order valence-corrected chi connectivity index (χ4v) is 3.61. The Labute approximate surface area is 153 Å². The summed E-state index contributed by atoms with van der Waals surface area (Å²) in [5.74, 6) is 6.18. The molecule has 0 saturated heterocycles. The Kier molecular flexibility index (Phi) is 4.10. The van der Waals surface area contributed by atoms with E-state index in [0.29, 0.717) is 28.4 Å². The quantitative estimate of drug-likeness (QED) is 0.662. The average molecular weight is 365 g/mol. The monoisotopic (exact) mass is 365 g/mol. The van der Waals surface area contributed by atoms with Gasteiger partial charge in [0, 0.05) is 5.57 Å². The number of aromatic nitrogens is 2. The molecule has 1 amide bonds. The number of ether oxygens (including phenoxy) is 1. The van der Waals surface area contributed by atoms with E-state index in [4.69, 9.17) is 10.6 Å². The van der Waals surface area contributed by atoms with E-state index in [9.17, 15) is 4.79 Å². The summed E-state index contributed by atoms with van der Waals surface area (Å²) in [5, 5.41) is 12.3. The van der Waals surface area contributed by atoms with Gasteiger partial charge in [-0.05, 0) is 29.8 Å². The maximum absolute atomic E-state index is 13.2. The van der Waals surface area contributed by atoms with Gasteiger partial charge in [-0.2, -0.15) is 5.10 Å². The van der Waals surface area contributed by atoms with E-state index >= 15 is 0 Å². The lowest BCUT2D eigenvalue weighted by atomic mass is 9.99. The first-order valence-electron chi connectivity index (χ1n) is 7.85. The van der Waals surface area contributed by atoms with Gasteiger partial charge in [0.05, 0.1) is 30.6 Å². The summed E-state index contributed by atoms with van der Waals surface area (Å²) in [6.45, 7) is 0.423. The van der Waals surface area contributed by atoms with Crippen LogP contribution < -0.4 is 10.6 Å². The van der Waals surface area contributed by atoms with E-state index in [-0.39, 0.29) is 5.91 Å². The van der Waals surface area contributed by atoms with Crippen LogP contribution in [0.5, 0.6) is 5.75 Å². The van der Waals surface area contributed by atoms with E-state index in [1.54, 1.807) is 23.6 Å². The van der Waals surface area contributed by atoms with Crippen LogP contribution in [0.25, 0.3) is 5.57 Å². The number of hydrogen-bond acceptors (Lipinski definition) is 7. The maximum Gasteiger partial charge on any atom is 0.262 e. The molecule has 0 saturated carbocycles. The number of nitrogens with zero attached hydrogens (tertiary/aromatic N) is 4. The molecule has 130 valence electrons. The SMILES string of the molecule is COc1ccc(CN2C(=O)C(c3nncs3)=C3C2=CC=CC3=NN)cc1. The number of methoxy groups -OCH3 is 1. The summed E-state index contributed by atoms with van der Waals surface area (Å²) in [4.78, 5) is 14.9. The molecule has 2 N–H and O–H groups in total. The van der Waals surface area contributed by atoms with Gasteiger partial charge in [-0.15, -0.1) is 10.2 Å². The lowest BCUT2D eigenvalue weighted by Crippen LogP contribution is -2.26. The Hall–Kier alpha value is -3.26. The number of carbonyl (C=O) groups excluding carboxylic acids is 1. The summed E-state index contributed by atoms with van der Waals surface area (Å²) in [6, 6.07) is 7.62. The van der Waals surface area contributed by atoms with Gasteiger partial charge in [0.15, 0.2) is 5.01 Å². The molecule has 0 spiro atoms. The molecule has 0 atom stereocenters. The first-order chi connectivity index (χ1) is 12.7. The Bertz CT molecular complexity index is 972. The number of rotatable bonds is 4. The van der Waals surface area contributed by atoms with Crippen LogP contribution in [0, 0.1) is 0 Å². The maximum atomic E-state index is 13.2. The molecule has 0 bridgehead atoms. The van der Waals surface area contributed by atoms with Gasteiger partial charge in [0.25, 0.3) is 5.91 Å². The average Bonchev–Trinajstić information content (AvgIpc) is 3.29. The predicted molar refractivity (Wildman–Crippen MR) is 99.2 cm³/mol. The lowest BCUT2D eigenvalue weighted by Gasteiger charge is -2.21. The van der Waals surface area contributed by atoms with Crippen LogP contribution in [0.15, 0.2) is 64.4 Å². The third-order valence-electron chi connectivity index (χ3n) is 4.23. The summed E-state index contributed by atoms with van der Waals surface area (Å²) in [5.41, 5.74) is 5.09. The summed E-state index contributed by atoms with van der Waals surface area (Å²) in [7, 11) is 1.62. The van der Waals surface area contributed by atoms with Crippen LogP contribution in [0.2, 0.25) is 0 Å². The molecule has 4 rings (SSSR count). The highest BCUT2D eigenvalue weighted by atomic mass is 32.1. The first kappa shape index (κ1) is 16.2. The van der Waals surface area contributed by atoms with E-state index < -0.39 is 0 Å². The Morgan fingerprint density at radius 3 is 2.73 bits per heavy atom. The zero-order chi connectivity index (χ0) is 18.1. The molecule has 0 unspecified atom stereocenters. The molecule has 2 aromatic rings. The Balaban J connectivity index is 1.75. The molecule has 1 aliphatic heterocycles. The van der Waals surface area contributed by atoms with Crippen LogP contribution in [0.3, 0.4) is 0 Å². The van der Waals surface area contributed by atoms with Crippen molar-refractivity contribution in [2.24, 2.45) is 10.9 Å². The van der Waals surface area contributed by atoms with Crippen molar-refractivity contribution in [1.29, 1.82) is 0 Å². The minimum Gasteiger partial charge on any atom is -0.497 e. The first-order valence-corrected chi connectivity index (χ1v) is 8.73. The van der Waals surface area contributed by atoms with Gasteiger partial charge in [0.2, 0.25) is 0 Å². The van der Waals surface area contributed by atoms with Crippen LogP contribution in [-0.2, 0) is 11.3 Å². The third kappa shape index (κ3) is 2.60. The highest BCUT2D eigenvalue weighted by Gasteiger charge is 2.39. The topological polar surface area (TPSA) is 93.7 Å². The van der Waals surface area contributed by atoms with Gasteiger partial charge in [-0.1, -0.05) is 29.5 Å². The van der Waals surface area contributed by atoms with Crippen LogP contribution in [0.1, 0.15) is 10.6 Å². The van der Waals surface area contributed by atoms with Crippen molar-refractivity contribution < 1.29 is 9.53 Å². The number of amides is 1. The van der Waals surface area contributed by atoms with E-state index in [2.05, 4.69) is 15.3 Å². The largest absolute Gasteiger partial charge is 0.497 e. The van der Waals surface area contributed by atoms with Crippen molar-refractivity contribution in [3.8, 4) is 5.75 Å². The van der Waals surface area contributed by atoms with E-state index in [1.807, 2.05) is 36.4 Å². The molecule has 8 heteroatoms. The fourth-order valence-electron chi connectivity index (χ4n) is 3.02. The van der Waals surface area contributed by atoms with Crippen molar-refractivity contribution in [1.82, 2.24) is 15.1 Å². The van der Waals surface area contributed by atoms with Crippen molar-refractivity contribution >= 4 is 28.5 Å². The molecule has 1 aromatic carbocycles. The van der Waals surface area contributed by atoms with Crippen molar-refractivity contribution in [2.45, 2.75) is 6.54 Å².